The number of carbonyl (C=O) groups is 1. The third-order valence-electron chi connectivity index (χ3n) is 16.7. The molecule has 260 valence electrons. The molecule has 2 N–H and O–H groups in total. The Morgan fingerprint density at radius 1 is 0.978 bits per heavy atom. The van der Waals surface area contributed by atoms with Gasteiger partial charge in [-0.25, -0.2) is 0 Å². The number of hydrogen-bond donors (Lipinski definition) is 2. The average molecular weight is 642 g/mol. The summed E-state index contributed by atoms with van der Waals surface area (Å²) < 4.78 is 26.0. The van der Waals surface area contributed by atoms with Crippen molar-refractivity contribution < 1.29 is 28.8 Å². The zero-order valence-electron chi connectivity index (χ0n) is 29.8. The summed E-state index contributed by atoms with van der Waals surface area (Å²) >= 11 is 0. The van der Waals surface area contributed by atoms with Crippen molar-refractivity contribution >= 4 is 5.97 Å². The lowest BCUT2D eigenvalue weighted by molar-refractivity contribution is -0.237. The summed E-state index contributed by atoms with van der Waals surface area (Å²) in [7, 11) is 0. The Morgan fingerprint density at radius 2 is 1.72 bits per heavy atom. The monoisotopic (exact) mass is 641 g/mol. The molecule has 6 aliphatic carbocycles. The number of aliphatic hydroxyl groups is 1. The molecule has 8 unspecified atom stereocenters. The van der Waals surface area contributed by atoms with Gasteiger partial charge in [0.2, 0.25) is 0 Å². The molecule has 2 aliphatic heterocycles. The van der Waals surface area contributed by atoms with Crippen molar-refractivity contribution in [3.63, 3.8) is 0 Å². The number of morpholine rings is 1. The van der Waals surface area contributed by atoms with Crippen LogP contribution in [0.3, 0.4) is 0 Å². The van der Waals surface area contributed by atoms with Gasteiger partial charge in [-0.15, -0.1) is 0 Å². The first-order chi connectivity index (χ1) is 21.8. The minimum Gasteiger partial charge on any atom is -0.459 e. The van der Waals surface area contributed by atoms with Crippen molar-refractivity contribution in [1.82, 2.24) is 5.32 Å². The van der Waals surface area contributed by atoms with E-state index in [1.54, 1.807) is 0 Å². The number of hydrogen-bond acceptors (Lipinski definition) is 7. The second-order valence-corrected chi connectivity index (χ2v) is 19.0. The molecule has 2 heterocycles. The molecule has 7 nitrogen and oxygen atoms in total. The van der Waals surface area contributed by atoms with E-state index < -0.39 is 6.10 Å². The fourth-order valence-corrected chi connectivity index (χ4v) is 14.1. The van der Waals surface area contributed by atoms with Crippen LogP contribution in [0, 0.1) is 62.6 Å². The van der Waals surface area contributed by atoms with E-state index >= 15 is 0 Å². The first kappa shape index (κ1) is 32.5. The molecule has 14 atom stereocenters. The number of carbonyl (C=O) groups excluding carboxylic acids is 1. The topological polar surface area (TPSA) is 86.3 Å². The van der Waals surface area contributed by atoms with Crippen LogP contribution >= 0.6 is 0 Å². The fourth-order valence-electron chi connectivity index (χ4n) is 14.1. The van der Waals surface area contributed by atoms with Gasteiger partial charge in [-0.1, -0.05) is 54.9 Å². The van der Waals surface area contributed by atoms with E-state index in [2.05, 4.69) is 53.8 Å². The van der Waals surface area contributed by atoms with Crippen molar-refractivity contribution in [2.75, 3.05) is 19.7 Å². The highest BCUT2D eigenvalue weighted by molar-refractivity contribution is 5.73. The molecule has 0 amide bonds. The lowest BCUT2D eigenvalue weighted by atomic mass is 9.41. The summed E-state index contributed by atoms with van der Waals surface area (Å²) in [5.74, 6) is 2.11. The Labute approximate surface area is 278 Å². The largest absolute Gasteiger partial charge is 0.459 e. The Hall–Kier alpha value is -0.730. The van der Waals surface area contributed by atoms with Gasteiger partial charge in [0, 0.05) is 18.5 Å². The minimum atomic E-state index is -0.497. The maximum Gasteiger partial charge on any atom is 0.309 e. The first-order valence-electron chi connectivity index (χ1n) is 19.3. The van der Waals surface area contributed by atoms with E-state index in [4.69, 9.17) is 18.9 Å². The van der Waals surface area contributed by atoms with Crippen molar-refractivity contribution in [2.24, 2.45) is 62.6 Å². The molecule has 8 aliphatic rings. The van der Waals surface area contributed by atoms with E-state index in [1.165, 1.54) is 38.5 Å². The Bertz CT molecular complexity index is 1200. The van der Waals surface area contributed by atoms with Crippen LogP contribution in [-0.2, 0) is 23.7 Å². The van der Waals surface area contributed by atoms with Gasteiger partial charge >= 0.3 is 5.97 Å². The fraction of sp³-hybridized carbons (Fsp3) is 0.974. The predicted molar refractivity (Wildman–Crippen MR) is 176 cm³/mol. The summed E-state index contributed by atoms with van der Waals surface area (Å²) in [5.41, 5.74) is 0.644. The zero-order valence-corrected chi connectivity index (χ0v) is 29.8. The van der Waals surface area contributed by atoms with Gasteiger partial charge in [-0.3, -0.25) is 4.79 Å². The normalized spacial score (nSPS) is 53.1. The highest BCUT2D eigenvalue weighted by atomic mass is 16.7. The van der Waals surface area contributed by atoms with E-state index in [1.807, 2.05) is 0 Å². The minimum absolute atomic E-state index is 0.0328. The van der Waals surface area contributed by atoms with Gasteiger partial charge in [0.15, 0.2) is 6.29 Å². The number of nitrogens with one attached hydrogen (secondary N) is 1. The smallest absolute Gasteiger partial charge is 0.309 e. The first-order valence-corrected chi connectivity index (χ1v) is 19.3. The summed E-state index contributed by atoms with van der Waals surface area (Å²) in [5, 5.41) is 16.1. The molecule has 7 heteroatoms. The Morgan fingerprint density at radius 3 is 2.39 bits per heavy atom. The molecule has 0 aromatic heterocycles. The predicted octanol–water partition coefficient (Wildman–Crippen LogP) is 6.50. The Balaban J connectivity index is 1.04. The third-order valence-corrected chi connectivity index (χ3v) is 16.7. The molecule has 2 saturated heterocycles. The van der Waals surface area contributed by atoms with Crippen molar-refractivity contribution in [2.45, 2.75) is 156 Å². The lowest BCUT2D eigenvalue weighted by Crippen LogP contribution is -2.60. The summed E-state index contributed by atoms with van der Waals surface area (Å²) in [4.78, 5) is 13.0. The summed E-state index contributed by atoms with van der Waals surface area (Å²) in [6.45, 7) is 19.1. The molecular weight excluding hydrogens is 578 g/mol. The highest BCUT2D eigenvalue weighted by Crippen LogP contribution is 2.89. The standard InChI is InChI=1S/C39H63NO6/c1-22(2)31(46-34(42)24-9-8-10-24)25-19-23(3)30-32(44-25)33(41)37(7)27-12-11-26-35(4,5)28(45-29-20-40-17-18-43-29)13-14-38(26)21-39(27,38)16-15-36(30,37)6/h22-33,40-41H,8-21H2,1-7H3/t23-,25?,26+,27?,28?,29+,30+,31?,32?,33+,36?,37-,38?,39?/m1/s1. The molecule has 2 spiro atoms. The Kier molecular flexibility index (Phi) is 7.68. The molecule has 6 saturated carbocycles. The van der Waals surface area contributed by atoms with Crippen molar-refractivity contribution in [1.29, 1.82) is 0 Å². The molecule has 46 heavy (non-hydrogen) atoms. The van der Waals surface area contributed by atoms with Crippen LogP contribution in [0.4, 0.5) is 0 Å². The van der Waals surface area contributed by atoms with E-state index in [9.17, 15) is 9.90 Å². The van der Waals surface area contributed by atoms with Crippen LogP contribution in [0.2, 0.25) is 0 Å². The summed E-state index contributed by atoms with van der Waals surface area (Å²) in [6.07, 6.45) is 11.5. The van der Waals surface area contributed by atoms with Crippen LogP contribution in [0.5, 0.6) is 0 Å². The molecule has 0 radical (unpaired) electrons. The molecule has 0 bridgehead atoms. The lowest BCUT2D eigenvalue weighted by Gasteiger charge is -2.63. The van der Waals surface area contributed by atoms with Gasteiger partial charge in [0.05, 0.1) is 36.9 Å². The van der Waals surface area contributed by atoms with Crippen LogP contribution in [-0.4, -0.2) is 67.6 Å². The van der Waals surface area contributed by atoms with Gasteiger partial charge in [-0.2, -0.15) is 0 Å². The second-order valence-electron chi connectivity index (χ2n) is 19.0. The number of fused-ring (bicyclic) bond motifs is 4. The second kappa shape index (κ2) is 10.9. The summed E-state index contributed by atoms with van der Waals surface area (Å²) in [6, 6.07) is 0. The number of ether oxygens (including phenoxy) is 4. The molecule has 8 rings (SSSR count). The molecule has 8 fully saturated rings. The van der Waals surface area contributed by atoms with E-state index in [-0.39, 0.29) is 64.8 Å². The molecule has 0 aromatic carbocycles. The van der Waals surface area contributed by atoms with Crippen LogP contribution in [0.1, 0.15) is 119 Å². The molecule has 0 aromatic rings. The third kappa shape index (κ3) is 4.23. The SMILES string of the molecule is CC(C)C(OC(=O)C1CCC1)C1C[C@@H](C)[C@H]2C(O1)[C@H](O)[C@@]1(C)C3CC[C@H]4C(C)(C)C(O[C@H]5CNCCO5)CCC45CC35CCC21C. The highest BCUT2D eigenvalue weighted by Gasteiger charge is 2.84. The quantitative estimate of drug-likeness (QED) is 0.321. The maximum absolute atomic E-state index is 13.0. The van der Waals surface area contributed by atoms with Gasteiger partial charge in [0.1, 0.15) is 6.10 Å². The van der Waals surface area contributed by atoms with Gasteiger partial charge in [0.25, 0.3) is 0 Å². The number of aliphatic hydroxyl groups excluding tert-OH is 1. The van der Waals surface area contributed by atoms with Crippen LogP contribution in [0.25, 0.3) is 0 Å². The average Bonchev–Trinajstić information content (AvgIpc) is 3.61. The zero-order chi connectivity index (χ0) is 32.4. The number of esters is 1. The van der Waals surface area contributed by atoms with E-state index in [0.717, 1.165) is 51.8 Å². The maximum atomic E-state index is 13.0. The van der Waals surface area contributed by atoms with Crippen molar-refractivity contribution in [3.8, 4) is 0 Å². The van der Waals surface area contributed by atoms with Crippen LogP contribution < -0.4 is 5.32 Å². The van der Waals surface area contributed by atoms with Crippen molar-refractivity contribution in [3.05, 3.63) is 0 Å². The molecular formula is C39H63NO6. The van der Waals surface area contributed by atoms with Gasteiger partial charge in [-0.05, 0) is 115 Å². The van der Waals surface area contributed by atoms with E-state index in [0.29, 0.717) is 34.5 Å². The number of rotatable bonds is 6. The van der Waals surface area contributed by atoms with Crippen LogP contribution in [0.15, 0.2) is 0 Å². The van der Waals surface area contributed by atoms with Gasteiger partial charge < -0.3 is 29.4 Å².